The van der Waals surface area contributed by atoms with Crippen LogP contribution in [-0.4, -0.2) is 24.8 Å². The lowest BCUT2D eigenvalue weighted by Crippen LogP contribution is -2.11. The minimum atomic E-state index is 0.617. The standard InChI is InChI=1S/C52H33N5/c1-3-13-34(14-4-1)50-42-19-8-11-21-45(42)54-52(55-50)57-48-28-25-35(31-43(48)41-26-23-33-29-37-15-7-10-20-44(37)53-46(30-33)51(41)57)36-24-27-40-39-18-9-12-22-47(39)56(49(40)32-36)38-16-5-2-6-17-38/h1-28,30-32H,29H2. The van der Waals surface area contributed by atoms with E-state index in [-0.39, 0.29) is 0 Å². The van der Waals surface area contributed by atoms with Crippen LogP contribution in [0.5, 0.6) is 0 Å². The van der Waals surface area contributed by atoms with E-state index in [0.717, 1.165) is 79.0 Å². The highest BCUT2D eigenvalue weighted by Gasteiger charge is 2.27. The molecule has 5 heteroatoms. The molecule has 0 unspecified atom stereocenters. The number of rotatable bonds is 4. The molecular formula is C52H33N5. The number of allylic oxidation sites excluding steroid dienone is 3. The van der Waals surface area contributed by atoms with Gasteiger partial charge in [-0.05, 0) is 83.3 Å². The van der Waals surface area contributed by atoms with Crippen LogP contribution in [-0.2, 0) is 6.42 Å². The van der Waals surface area contributed by atoms with E-state index >= 15 is 0 Å². The maximum atomic E-state index is 5.40. The van der Waals surface area contributed by atoms with Gasteiger partial charge in [0, 0.05) is 38.4 Å². The van der Waals surface area contributed by atoms with E-state index in [1.807, 2.05) is 12.1 Å². The summed E-state index contributed by atoms with van der Waals surface area (Å²) in [4.78, 5) is 16.1. The fourth-order valence-corrected chi connectivity index (χ4v) is 8.91. The molecule has 3 aromatic heterocycles. The van der Waals surface area contributed by atoms with Gasteiger partial charge in [-0.25, -0.2) is 15.0 Å². The summed E-state index contributed by atoms with van der Waals surface area (Å²) in [6, 6.07) is 60.2. The van der Waals surface area contributed by atoms with Gasteiger partial charge in [-0.2, -0.15) is 0 Å². The number of benzene rings is 7. The zero-order valence-corrected chi connectivity index (χ0v) is 30.8. The van der Waals surface area contributed by atoms with Crippen LogP contribution in [0.15, 0.2) is 193 Å². The summed E-state index contributed by atoms with van der Waals surface area (Å²) in [5, 5.41) is 4.62. The Balaban J connectivity index is 1.13. The molecule has 57 heavy (non-hydrogen) atoms. The summed E-state index contributed by atoms with van der Waals surface area (Å²) in [5.41, 5.74) is 16.1. The monoisotopic (exact) mass is 727 g/mol. The van der Waals surface area contributed by atoms with Crippen molar-refractivity contribution in [3.8, 4) is 34.0 Å². The van der Waals surface area contributed by atoms with Gasteiger partial charge in [0.1, 0.15) is 0 Å². The zero-order chi connectivity index (χ0) is 37.5. The van der Waals surface area contributed by atoms with Crippen molar-refractivity contribution >= 4 is 61.1 Å². The predicted molar refractivity (Wildman–Crippen MR) is 235 cm³/mol. The molecule has 2 bridgehead atoms. The van der Waals surface area contributed by atoms with Gasteiger partial charge in [0.2, 0.25) is 5.95 Å². The van der Waals surface area contributed by atoms with E-state index < -0.39 is 0 Å². The Morgan fingerprint density at radius 2 is 1.18 bits per heavy atom. The number of fused-ring (bicyclic) bond motifs is 10. The Morgan fingerprint density at radius 3 is 2.07 bits per heavy atom. The minimum absolute atomic E-state index is 0.617. The van der Waals surface area contributed by atoms with Crippen molar-refractivity contribution in [3.05, 3.63) is 204 Å². The van der Waals surface area contributed by atoms with Gasteiger partial charge in [0.05, 0.1) is 44.9 Å². The van der Waals surface area contributed by atoms with Crippen molar-refractivity contribution in [3.63, 3.8) is 0 Å². The third kappa shape index (κ3) is 4.99. The van der Waals surface area contributed by atoms with E-state index in [0.29, 0.717) is 5.95 Å². The normalized spacial score (nSPS) is 13.3. The van der Waals surface area contributed by atoms with E-state index in [4.69, 9.17) is 15.0 Å². The van der Waals surface area contributed by atoms with Crippen LogP contribution in [0.4, 0.5) is 5.69 Å². The number of para-hydroxylation sites is 4. The second-order valence-corrected chi connectivity index (χ2v) is 14.9. The summed E-state index contributed by atoms with van der Waals surface area (Å²) < 4.78 is 4.62. The maximum absolute atomic E-state index is 5.40. The Kier molecular flexibility index (Phi) is 6.92. The number of hydrogen-bond donors (Lipinski definition) is 0. The van der Waals surface area contributed by atoms with Crippen LogP contribution in [0.3, 0.4) is 0 Å². The van der Waals surface area contributed by atoms with Crippen LogP contribution in [0.2, 0.25) is 0 Å². The highest BCUT2D eigenvalue weighted by Crippen LogP contribution is 2.40. The van der Waals surface area contributed by atoms with Gasteiger partial charge >= 0.3 is 0 Å². The van der Waals surface area contributed by atoms with Gasteiger partial charge in [-0.3, -0.25) is 4.57 Å². The molecule has 0 fully saturated rings. The van der Waals surface area contributed by atoms with Gasteiger partial charge in [-0.15, -0.1) is 0 Å². The third-order valence-electron chi connectivity index (χ3n) is 11.5. The molecule has 0 atom stereocenters. The lowest BCUT2D eigenvalue weighted by atomic mass is 10.00. The lowest BCUT2D eigenvalue weighted by molar-refractivity contribution is 0.973. The molecule has 0 saturated carbocycles. The predicted octanol–water partition coefficient (Wildman–Crippen LogP) is 12.6. The first-order chi connectivity index (χ1) is 28.2. The number of hydrogen-bond acceptors (Lipinski definition) is 3. The first kappa shape index (κ1) is 31.7. The largest absolute Gasteiger partial charge is 0.309 e. The molecule has 1 aliphatic carbocycles. The van der Waals surface area contributed by atoms with Gasteiger partial charge in [-0.1, -0.05) is 133 Å². The average Bonchev–Trinajstić information content (AvgIpc) is 3.62. The van der Waals surface area contributed by atoms with Gasteiger partial charge < -0.3 is 4.57 Å². The van der Waals surface area contributed by atoms with Crippen molar-refractivity contribution in [2.24, 2.45) is 4.99 Å². The summed E-state index contributed by atoms with van der Waals surface area (Å²) in [5.74, 6) is 0.617. The third-order valence-corrected chi connectivity index (χ3v) is 11.5. The topological polar surface area (TPSA) is 48.0 Å². The second kappa shape index (κ2) is 12.4. The second-order valence-electron chi connectivity index (χ2n) is 14.9. The molecular weight excluding hydrogens is 695 g/mol. The first-order valence-corrected chi connectivity index (χ1v) is 19.4. The highest BCUT2D eigenvalue weighted by molar-refractivity contribution is 6.18. The molecule has 0 spiro atoms. The van der Waals surface area contributed by atoms with Gasteiger partial charge in [0.15, 0.2) is 0 Å². The van der Waals surface area contributed by atoms with Crippen molar-refractivity contribution in [2.75, 3.05) is 0 Å². The molecule has 0 amide bonds. The van der Waals surface area contributed by atoms with Crippen molar-refractivity contribution in [1.82, 2.24) is 19.1 Å². The van der Waals surface area contributed by atoms with E-state index in [1.54, 1.807) is 0 Å². The number of aromatic nitrogens is 4. The molecule has 10 aromatic rings. The van der Waals surface area contributed by atoms with E-state index in [1.165, 1.54) is 32.9 Å². The van der Waals surface area contributed by atoms with Crippen LogP contribution in [0.25, 0.3) is 83.7 Å². The summed E-state index contributed by atoms with van der Waals surface area (Å²) in [6.07, 6.45) is 7.60. The van der Waals surface area contributed by atoms with Crippen molar-refractivity contribution in [1.29, 1.82) is 0 Å². The molecule has 5 nitrogen and oxygen atoms in total. The molecule has 266 valence electrons. The molecule has 0 radical (unpaired) electrons. The molecule has 0 saturated heterocycles. The SMILES string of the molecule is C1=Cc2c(n(-c3nc(-c4ccccc4)c4ccccc4n3)c3ccc(-c4ccc5c6ccccc6n(-c6ccccc6)c5c4)cc23)C2=Nc3ccccc3CC1=C2. The molecule has 0 N–H and O–H groups in total. The number of nitrogens with zero attached hydrogens (tertiary/aromatic N) is 5. The molecule has 2 aliphatic rings. The van der Waals surface area contributed by atoms with Crippen LogP contribution in [0.1, 0.15) is 16.8 Å². The molecule has 12 rings (SSSR count). The Bertz CT molecular complexity index is 3360. The van der Waals surface area contributed by atoms with Crippen molar-refractivity contribution < 1.29 is 0 Å². The Hall–Kier alpha value is -7.63. The molecule has 4 heterocycles. The number of aliphatic imine (C=N–C) groups is 1. The fraction of sp³-hybridized carbons (Fsp3) is 0.0192. The fourth-order valence-electron chi connectivity index (χ4n) is 8.91. The van der Waals surface area contributed by atoms with E-state index in [2.05, 4.69) is 185 Å². The van der Waals surface area contributed by atoms with Crippen LogP contribution >= 0.6 is 0 Å². The Morgan fingerprint density at radius 1 is 0.474 bits per heavy atom. The maximum Gasteiger partial charge on any atom is 0.235 e. The minimum Gasteiger partial charge on any atom is -0.309 e. The first-order valence-electron chi connectivity index (χ1n) is 19.4. The van der Waals surface area contributed by atoms with E-state index in [9.17, 15) is 0 Å². The lowest BCUT2D eigenvalue weighted by Gasteiger charge is -2.14. The smallest absolute Gasteiger partial charge is 0.235 e. The molecule has 7 aromatic carbocycles. The summed E-state index contributed by atoms with van der Waals surface area (Å²) >= 11 is 0. The zero-order valence-electron chi connectivity index (χ0n) is 30.8. The average molecular weight is 728 g/mol. The summed E-state index contributed by atoms with van der Waals surface area (Å²) in [6.45, 7) is 0. The van der Waals surface area contributed by atoms with Crippen molar-refractivity contribution in [2.45, 2.75) is 6.42 Å². The highest BCUT2D eigenvalue weighted by atomic mass is 15.2. The van der Waals surface area contributed by atoms with Crippen LogP contribution < -0.4 is 0 Å². The summed E-state index contributed by atoms with van der Waals surface area (Å²) in [7, 11) is 0. The Labute approximate surface area is 328 Å². The van der Waals surface area contributed by atoms with Gasteiger partial charge in [0.25, 0.3) is 0 Å². The molecule has 1 aliphatic heterocycles. The van der Waals surface area contributed by atoms with Crippen LogP contribution in [0, 0.1) is 0 Å². The quantitative estimate of drug-likeness (QED) is 0.181.